The second-order valence-corrected chi connectivity index (χ2v) is 9.09. The quantitative estimate of drug-likeness (QED) is 0.661. The minimum Gasteiger partial charge on any atom is -0.354 e. The number of sulfonamides is 1. The Morgan fingerprint density at radius 1 is 0.893 bits per heavy atom. The Hall–Kier alpha value is -2.44. The first kappa shape index (κ1) is 18.9. The molecule has 0 saturated carbocycles. The van der Waals surface area contributed by atoms with Crippen LogP contribution in [-0.2, 0) is 16.4 Å². The maximum atomic E-state index is 13.0. The highest BCUT2D eigenvalue weighted by atomic mass is 32.2. The van der Waals surface area contributed by atoms with E-state index in [1.54, 1.807) is 16.4 Å². The molecule has 0 aliphatic carbocycles. The predicted molar refractivity (Wildman–Crippen MR) is 113 cm³/mol. The van der Waals surface area contributed by atoms with Crippen LogP contribution < -0.4 is 4.90 Å². The topological polar surface area (TPSA) is 53.5 Å². The van der Waals surface area contributed by atoms with Crippen molar-refractivity contribution in [2.24, 2.45) is 0 Å². The van der Waals surface area contributed by atoms with Crippen LogP contribution in [0.5, 0.6) is 0 Å². The molecule has 1 aromatic heterocycles. The Kier molecular flexibility index (Phi) is 5.33. The van der Waals surface area contributed by atoms with Crippen molar-refractivity contribution in [3.8, 4) is 0 Å². The molecule has 0 atom stereocenters. The van der Waals surface area contributed by atoms with Gasteiger partial charge >= 0.3 is 0 Å². The van der Waals surface area contributed by atoms with Gasteiger partial charge in [-0.15, -0.1) is 0 Å². The SMILES string of the molecule is CCCc1ccc(S(=O)(=O)N2CCN(c3ccc4ccccc4n3)CC2)cc1. The molecule has 2 heterocycles. The smallest absolute Gasteiger partial charge is 0.243 e. The van der Waals surface area contributed by atoms with Crippen LogP contribution in [-0.4, -0.2) is 43.9 Å². The van der Waals surface area contributed by atoms with Gasteiger partial charge < -0.3 is 4.90 Å². The van der Waals surface area contributed by atoms with E-state index in [1.807, 2.05) is 42.5 Å². The van der Waals surface area contributed by atoms with Crippen LogP contribution >= 0.6 is 0 Å². The largest absolute Gasteiger partial charge is 0.354 e. The third-order valence-electron chi connectivity index (χ3n) is 5.25. The van der Waals surface area contributed by atoms with E-state index in [2.05, 4.69) is 17.9 Å². The molecule has 1 saturated heterocycles. The monoisotopic (exact) mass is 395 g/mol. The van der Waals surface area contributed by atoms with Gasteiger partial charge in [0.2, 0.25) is 10.0 Å². The molecule has 0 radical (unpaired) electrons. The highest BCUT2D eigenvalue weighted by Gasteiger charge is 2.28. The molecule has 0 unspecified atom stereocenters. The Labute approximate surface area is 166 Å². The van der Waals surface area contributed by atoms with Gasteiger partial charge in [0.15, 0.2) is 0 Å². The van der Waals surface area contributed by atoms with Crippen molar-refractivity contribution in [1.29, 1.82) is 0 Å². The van der Waals surface area contributed by atoms with Crippen molar-refractivity contribution in [2.45, 2.75) is 24.7 Å². The summed E-state index contributed by atoms with van der Waals surface area (Å²) in [6.07, 6.45) is 2.02. The molecule has 5 nitrogen and oxygen atoms in total. The number of para-hydroxylation sites is 1. The molecule has 28 heavy (non-hydrogen) atoms. The lowest BCUT2D eigenvalue weighted by atomic mass is 10.1. The minimum atomic E-state index is -3.45. The van der Waals surface area contributed by atoms with Crippen molar-refractivity contribution in [1.82, 2.24) is 9.29 Å². The molecule has 0 bridgehead atoms. The lowest BCUT2D eigenvalue weighted by Crippen LogP contribution is -2.48. The van der Waals surface area contributed by atoms with E-state index in [0.29, 0.717) is 31.1 Å². The van der Waals surface area contributed by atoms with Gasteiger partial charge in [-0.25, -0.2) is 13.4 Å². The first-order chi connectivity index (χ1) is 13.6. The normalized spacial score (nSPS) is 15.8. The van der Waals surface area contributed by atoms with Crippen LogP contribution in [0.1, 0.15) is 18.9 Å². The van der Waals surface area contributed by atoms with Crippen molar-refractivity contribution in [2.75, 3.05) is 31.1 Å². The van der Waals surface area contributed by atoms with E-state index in [1.165, 1.54) is 5.56 Å². The molecule has 0 spiro atoms. The number of hydrogen-bond acceptors (Lipinski definition) is 4. The van der Waals surface area contributed by atoms with Crippen molar-refractivity contribution < 1.29 is 8.42 Å². The van der Waals surface area contributed by atoms with Gasteiger partial charge in [0.25, 0.3) is 0 Å². The van der Waals surface area contributed by atoms with Crippen LogP contribution in [0.4, 0.5) is 5.82 Å². The van der Waals surface area contributed by atoms with E-state index < -0.39 is 10.0 Å². The zero-order valence-electron chi connectivity index (χ0n) is 16.1. The Balaban J connectivity index is 1.46. The van der Waals surface area contributed by atoms with Crippen LogP contribution in [0.15, 0.2) is 65.6 Å². The molecule has 0 amide bonds. The first-order valence-corrected chi connectivity index (χ1v) is 11.2. The van der Waals surface area contributed by atoms with Crippen LogP contribution in [0.3, 0.4) is 0 Å². The van der Waals surface area contributed by atoms with Gasteiger partial charge in [0, 0.05) is 31.6 Å². The van der Waals surface area contributed by atoms with Gasteiger partial charge in [0.1, 0.15) is 5.82 Å². The third kappa shape index (κ3) is 3.75. The molecular formula is C22H25N3O2S. The van der Waals surface area contributed by atoms with Gasteiger partial charge in [-0.1, -0.05) is 43.7 Å². The number of benzene rings is 2. The molecular weight excluding hydrogens is 370 g/mol. The summed E-state index contributed by atoms with van der Waals surface area (Å²) >= 11 is 0. The molecule has 6 heteroatoms. The maximum absolute atomic E-state index is 13.0. The number of fused-ring (bicyclic) bond motifs is 1. The Morgan fingerprint density at radius 3 is 2.32 bits per heavy atom. The number of anilines is 1. The van der Waals surface area contributed by atoms with Crippen LogP contribution in [0, 0.1) is 0 Å². The van der Waals surface area contributed by atoms with Gasteiger partial charge in [-0.2, -0.15) is 4.31 Å². The molecule has 2 aromatic carbocycles. The number of hydrogen-bond donors (Lipinski definition) is 0. The van der Waals surface area contributed by atoms with E-state index in [-0.39, 0.29) is 0 Å². The minimum absolute atomic E-state index is 0.379. The van der Waals surface area contributed by atoms with E-state index in [0.717, 1.165) is 29.6 Å². The molecule has 0 N–H and O–H groups in total. The average Bonchev–Trinajstić information content (AvgIpc) is 2.74. The Bertz CT molecular complexity index is 1060. The predicted octanol–water partition coefficient (Wildman–Crippen LogP) is 3.70. The fourth-order valence-electron chi connectivity index (χ4n) is 3.65. The summed E-state index contributed by atoms with van der Waals surface area (Å²) in [5.74, 6) is 0.902. The second-order valence-electron chi connectivity index (χ2n) is 7.15. The second kappa shape index (κ2) is 7.89. The third-order valence-corrected chi connectivity index (χ3v) is 7.16. The first-order valence-electron chi connectivity index (χ1n) is 9.78. The van der Waals surface area contributed by atoms with E-state index >= 15 is 0 Å². The highest BCUT2D eigenvalue weighted by molar-refractivity contribution is 7.89. The summed E-state index contributed by atoms with van der Waals surface area (Å²) in [6, 6.07) is 19.4. The van der Waals surface area contributed by atoms with Crippen LogP contribution in [0.25, 0.3) is 10.9 Å². The lowest BCUT2D eigenvalue weighted by Gasteiger charge is -2.34. The highest BCUT2D eigenvalue weighted by Crippen LogP contribution is 2.22. The van der Waals surface area contributed by atoms with Crippen molar-refractivity contribution in [3.05, 3.63) is 66.2 Å². The lowest BCUT2D eigenvalue weighted by molar-refractivity contribution is 0.384. The molecule has 3 aromatic rings. The number of rotatable bonds is 5. The van der Waals surface area contributed by atoms with E-state index in [4.69, 9.17) is 4.98 Å². The number of nitrogens with zero attached hydrogens (tertiary/aromatic N) is 3. The summed E-state index contributed by atoms with van der Waals surface area (Å²) in [7, 11) is -3.45. The number of aryl methyl sites for hydroxylation is 1. The number of aromatic nitrogens is 1. The number of pyridine rings is 1. The van der Waals surface area contributed by atoms with Crippen molar-refractivity contribution >= 4 is 26.7 Å². The van der Waals surface area contributed by atoms with E-state index in [9.17, 15) is 8.42 Å². The molecule has 1 aliphatic rings. The average molecular weight is 396 g/mol. The standard InChI is InChI=1S/C22H25N3O2S/c1-2-5-18-8-11-20(12-9-18)28(26,27)25-16-14-24(15-17-25)22-13-10-19-6-3-4-7-21(19)23-22/h3-4,6-13H,2,5,14-17H2,1H3. The fraction of sp³-hybridized carbons (Fsp3) is 0.318. The number of piperazine rings is 1. The Morgan fingerprint density at radius 2 is 1.61 bits per heavy atom. The summed E-state index contributed by atoms with van der Waals surface area (Å²) in [5, 5.41) is 1.11. The zero-order valence-corrected chi connectivity index (χ0v) is 16.9. The zero-order chi connectivity index (χ0) is 19.6. The molecule has 4 rings (SSSR count). The molecule has 146 valence electrons. The summed E-state index contributed by atoms with van der Waals surface area (Å²) in [4.78, 5) is 7.26. The van der Waals surface area contributed by atoms with Crippen molar-refractivity contribution in [3.63, 3.8) is 0 Å². The van der Waals surface area contributed by atoms with Gasteiger partial charge in [0.05, 0.1) is 10.4 Å². The summed E-state index contributed by atoms with van der Waals surface area (Å²) < 4.78 is 27.5. The fourth-order valence-corrected chi connectivity index (χ4v) is 5.08. The molecule has 1 aliphatic heterocycles. The van der Waals surface area contributed by atoms with Gasteiger partial charge in [-0.3, -0.25) is 0 Å². The van der Waals surface area contributed by atoms with Gasteiger partial charge in [-0.05, 0) is 42.3 Å². The maximum Gasteiger partial charge on any atom is 0.243 e. The summed E-state index contributed by atoms with van der Waals surface area (Å²) in [6.45, 7) is 4.33. The molecule has 1 fully saturated rings. The summed E-state index contributed by atoms with van der Waals surface area (Å²) in [5.41, 5.74) is 2.14. The van der Waals surface area contributed by atoms with Crippen LogP contribution in [0.2, 0.25) is 0 Å².